The zero-order chi connectivity index (χ0) is 20.3. The molecular weight excluding hydrogens is 390 g/mol. The van der Waals surface area contributed by atoms with Crippen LogP contribution in [0.3, 0.4) is 0 Å². The van der Waals surface area contributed by atoms with E-state index in [4.69, 9.17) is 4.74 Å². The van der Waals surface area contributed by atoms with Gasteiger partial charge in [0.15, 0.2) is 6.23 Å². The smallest absolute Gasteiger partial charge is 0.263 e. The number of aliphatic hydroxyl groups excluding tert-OH is 4. The number of rotatable bonds is 6. The number of sulfonamides is 1. The average molecular weight is 411 g/mol. The largest absolute Gasteiger partial charge is 0.394 e. The summed E-state index contributed by atoms with van der Waals surface area (Å²) < 4.78 is 32.5. The molecule has 1 fully saturated rings. The molecule has 6 N–H and O–H groups in total. The number of anilines is 2. The van der Waals surface area contributed by atoms with Gasteiger partial charge in [-0.15, -0.1) is 0 Å². The van der Waals surface area contributed by atoms with E-state index in [9.17, 15) is 28.8 Å². The fourth-order valence-electron chi connectivity index (χ4n) is 2.74. The van der Waals surface area contributed by atoms with Crippen molar-refractivity contribution in [1.29, 1.82) is 0 Å². The molecule has 28 heavy (non-hydrogen) atoms. The van der Waals surface area contributed by atoms with Gasteiger partial charge in [0.25, 0.3) is 10.0 Å². The Bertz CT molecular complexity index is 877. The molecule has 1 aliphatic heterocycles. The molecule has 1 saturated heterocycles. The van der Waals surface area contributed by atoms with Crippen molar-refractivity contribution in [3.63, 3.8) is 0 Å². The SMILES string of the molecule is O=S(=O)(Nc1ccccn1)c1ccc(N[C@@H]2O[C@@H](CO)[C@@H](O)[C@@H](O)[C@@H]2O)cc1. The van der Waals surface area contributed by atoms with Gasteiger partial charge < -0.3 is 30.5 Å². The van der Waals surface area contributed by atoms with Crippen molar-refractivity contribution < 1.29 is 33.6 Å². The van der Waals surface area contributed by atoms with Gasteiger partial charge in [-0.1, -0.05) is 6.07 Å². The maximum atomic E-state index is 12.4. The van der Waals surface area contributed by atoms with Crippen molar-refractivity contribution in [2.75, 3.05) is 16.6 Å². The van der Waals surface area contributed by atoms with Crippen molar-refractivity contribution in [2.24, 2.45) is 0 Å². The molecule has 0 bridgehead atoms. The Morgan fingerprint density at radius 2 is 1.71 bits per heavy atom. The van der Waals surface area contributed by atoms with Crippen LogP contribution in [0.1, 0.15) is 0 Å². The lowest BCUT2D eigenvalue weighted by Gasteiger charge is -2.40. The average Bonchev–Trinajstić information content (AvgIpc) is 2.69. The predicted octanol–water partition coefficient (Wildman–Crippen LogP) is -0.906. The molecule has 0 aliphatic carbocycles. The molecule has 0 spiro atoms. The minimum absolute atomic E-state index is 0.00231. The minimum Gasteiger partial charge on any atom is -0.394 e. The van der Waals surface area contributed by atoms with E-state index in [1.807, 2.05) is 0 Å². The number of aliphatic hydroxyl groups is 4. The normalized spacial score (nSPS) is 27.9. The van der Waals surface area contributed by atoms with Crippen LogP contribution in [0, 0.1) is 0 Å². The molecule has 10 nitrogen and oxygen atoms in total. The van der Waals surface area contributed by atoms with Crippen LogP contribution in [0.4, 0.5) is 11.5 Å². The number of hydrogen-bond acceptors (Lipinski definition) is 9. The van der Waals surface area contributed by atoms with Gasteiger partial charge in [0.2, 0.25) is 0 Å². The highest BCUT2D eigenvalue weighted by atomic mass is 32.2. The lowest BCUT2D eigenvalue weighted by atomic mass is 9.98. The van der Waals surface area contributed by atoms with Crippen LogP contribution < -0.4 is 10.0 Å². The fourth-order valence-corrected chi connectivity index (χ4v) is 3.74. The summed E-state index contributed by atoms with van der Waals surface area (Å²) in [5.74, 6) is 0.186. The fraction of sp³-hybridized carbons (Fsp3) is 0.353. The quantitative estimate of drug-likeness (QED) is 0.354. The van der Waals surface area contributed by atoms with Crippen molar-refractivity contribution >= 4 is 21.5 Å². The molecule has 1 aliphatic rings. The van der Waals surface area contributed by atoms with E-state index >= 15 is 0 Å². The van der Waals surface area contributed by atoms with E-state index in [0.29, 0.717) is 5.69 Å². The highest BCUT2D eigenvalue weighted by Crippen LogP contribution is 2.24. The van der Waals surface area contributed by atoms with E-state index in [2.05, 4.69) is 15.0 Å². The van der Waals surface area contributed by atoms with Crippen LogP contribution in [-0.2, 0) is 14.8 Å². The second kappa shape index (κ2) is 8.39. The standard InChI is InChI=1S/C17H21N3O7S/c21-9-12-14(22)15(23)16(24)17(27-12)19-10-4-6-11(7-5-10)28(25,26)20-13-3-1-2-8-18-13/h1-8,12,14-17,19,21-24H,9H2,(H,18,20)/t12-,14+,15+,16-,17+/m0/s1. The van der Waals surface area contributed by atoms with Gasteiger partial charge >= 0.3 is 0 Å². The Kier molecular flexibility index (Phi) is 6.13. The van der Waals surface area contributed by atoms with E-state index in [0.717, 1.165) is 0 Å². The molecular formula is C17H21N3O7S. The maximum Gasteiger partial charge on any atom is 0.263 e. The first kappa shape index (κ1) is 20.5. The Morgan fingerprint density at radius 3 is 2.32 bits per heavy atom. The van der Waals surface area contributed by atoms with Crippen LogP contribution in [0.5, 0.6) is 0 Å². The molecule has 1 aromatic heterocycles. The summed E-state index contributed by atoms with van der Waals surface area (Å²) in [6.07, 6.45) is -5.10. The number of nitrogens with zero attached hydrogens (tertiary/aromatic N) is 1. The first-order valence-electron chi connectivity index (χ1n) is 8.43. The van der Waals surface area contributed by atoms with Gasteiger partial charge in [-0.3, -0.25) is 4.72 Å². The van der Waals surface area contributed by atoms with Crippen molar-refractivity contribution in [2.45, 2.75) is 35.5 Å². The van der Waals surface area contributed by atoms with Gasteiger partial charge in [-0.2, -0.15) is 0 Å². The highest BCUT2D eigenvalue weighted by molar-refractivity contribution is 7.92. The summed E-state index contributed by atoms with van der Waals surface area (Å²) in [6, 6.07) is 10.4. The Balaban J connectivity index is 1.70. The Labute approximate surface area is 161 Å². The number of benzene rings is 1. The number of hydrogen-bond donors (Lipinski definition) is 6. The molecule has 0 amide bonds. The number of aromatic nitrogens is 1. The summed E-state index contributed by atoms with van der Waals surface area (Å²) in [5, 5.41) is 41.6. The van der Waals surface area contributed by atoms with Crippen LogP contribution in [0.15, 0.2) is 53.6 Å². The summed E-state index contributed by atoms with van der Waals surface area (Å²) in [6.45, 7) is -0.542. The molecule has 0 radical (unpaired) electrons. The molecule has 2 heterocycles. The molecule has 5 atom stereocenters. The molecule has 152 valence electrons. The van der Waals surface area contributed by atoms with Crippen LogP contribution in [0.2, 0.25) is 0 Å². The maximum absolute atomic E-state index is 12.4. The number of ether oxygens (including phenoxy) is 1. The minimum atomic E-state index is -3.83. The zero-order valence-electron chi connectivity index (χ0n) is 14.6. The van der Waals surface area contributed by atoms with Crippen LogP contribution in [-0.4, -0.2) is 71.1 Å². The number of nitrogens with one attached hydrogen (secondary N) is 2. The van der Waals surface area contributed by atoms with Gasteiger partial charge in [0.05, 0.1) is 11.5 Å². The van der Waals surface area contributed by atoms with E-state index in [1.54, 1.807) is 12.1 Å². The summed E-state index contributed by atoms with van der Waals surface area (Å²) in [4.78, 5) is 3.91. The summed E-state index contributed by atoms with van der Waals surface area (Å²) >= 11 is 0. The molecule has 0 saturated carbocycles. The van der Waals surface area contributed by atoms with Gasteiger partial charge in [0, 0.05) is 11.9 Å². The third-order valence-electron chi connectivity index (χ3n) is 4.27. The second-order valence-electron chi connectivity index (χ2n) is 6.24. The Hall–Kier alpha value is -2.28. The topological polar surface area (TPSA) is 161 Å². The molecule has 0 unspecified atom stereocenters. The lowest BCUT2D eigenvalue weighted by Crippen LogP contribution is -2.60. The van der Waals surface area contributed by atoms with Crippen molar-refractivity contribution in [1.82, 2.24) is 4.98 Å². The van der Waals surface area contributed by atoms with Crippen LogP contribution >= 0.6 is 0 Å². The number of pyridine rings is 1. The highest BCUT2D eigenvalue weighted by Gasteiger charge is 2.43. The van der Waals surface area contributed by atoms with E-state index in [-0.39, 0.29) is 10.7 Å². The third-order valence-corrected chi connectivity index (χ3v) is 5.64. The summed E-state index contributed by atoms with van der Waals surface area (Å²) in [7, 11) is -3.83. The van der Waals surface area contributed by atoms with E-state index in [1.165, 1.54) is 36.5 Å². The van der Waals surface area contributed by atoms with Crippen molar-refractivity contribution in [3.8, 4) is 0 Å². The summed E-state index contributed by atoms with van der Waals surface area (Å²) in [5.41, 5.74) is 0.404. The third kappa shape index (κ3) is 4.41. The Morgan fingerprint density at radius 1 is 1.00 bits per heavy atom. The lowest BCUT2D eigenvalue weighted by molar-refractivity contribution is -0.221. The molecule has 3 rings (SSSR count). The van der Waals surface area contributed by atoms with Gasteiger partial charge in [-0.05, 0) is 36.4 Å². The predicted molar refractivity (Wildman–Crippen MR) is 98.9 cm³/mol. The van der Waals surface area contributed by atoms with E-state index < -0.39 is 47.3 Å². The molecule has 11 heteroatoms. The molecule has 2 aromatic rings. The van der Waals surface area contributed by atoms with Crippen molar-refractivity contribution in [3.05, 3.63) is 48.7 Å². The first-order valence-corrected chi connectivity index (χ1v) is 9.91. The first-order chi connectivity index (χ1) is 13.3. The molecule has 1 aromatic carbocycles. The van der Waals surface area contributed by atoms with Crippen LogP contribution in [0.25, 0.3) is 0 Å². The van der Waals surface area contributed by atoms with Gasteiger partial charge in [0.1, 0.15) is 30.2 Å². The van der Waals surface area contributed by atoms with Gasteiger partial charge in [-0.25, -0.2) is 13.4 Å². The zero-order valence-corrected chi connectivity index (χ0v) is 15.4. The second-order valence-corrected chi connectivity index (χ2v) is 7.92. The monoisotopic (exact) mass is 411 g/mol.